The molecule has 1 aromatic heterocycles. The minimum atomic E-state index is -0.324. The molecule has 26 heavy (non-hydrogen) atoms. The molecule has 140 valence electrons. The maximum Gasteiger partial charge on any atom is 0.337 e. The van der Waals surface area contributed by atoms with Crippen LogP contribution in [0.5, 0.6) is 0 Å². The molecule has 3 rings (SSSR count). The average Bonchev–Trinajstić information content (AvgIpc) is 3.02. The summed E-state index contributed by atoms with van der Waals surface area (Å²) < 4.78 is 9.09. The van der Waals surface area contributed by atoms with Crippen LogP contribution in [0.2, 0.25) is 0 Å². The van der Waals surface area contributed by atoms with Gasteiger partial charge in [-0.05, 0) is 60.2 Å². The van der Waals surface area contributed by atoms with Gasteiger partial charge in [-0.15, -0.1) is 0 Å². The summed E-state index contributed by atoms with van der Waals surface area (Å²) in [4.78, 5) is 13.6. The Hall–Kier alpha value is -2.06. The number of hydrogen-bond donors (Lipinski definition) is 0. The standard InChI is InChI=1S/C18H25N5O2S/c1-21(12-14-8-10-15(11-9-14)17(24)25-2)13-22-18(26)23(20-19-22)16-6-4-3-5-7-16/h8-11,16H,3-7,12-13H2,1-2H3. The third-order valence-corrected chi connectivity index (χ3v) is 5.18. The van der Waals surface area contributed by atoms with Gasteiger partial charge in [0.1, 0.15) is 0 Å². The number of carbonyl (C=O) groups excluding carboxylic acids is 1. The molecule has 0 spiro atoms. The van der Waals surface area contributed by atoms with E-state index in [9.17, 15) is 4.79 Å². The van der Waals surface area contributed by atoms with Crippen LogP contribution >= 0.6 is 12.2 Å². The zero-order valence-electron chi connectivity index (χ0n) is 15.3. The molecule has 1 aromatic carbocycles. The van der Waals surface area contributed by atoms with Crippen molar-refractivity contribution in [3.63, 3.8) is 0 Å². The number of tetrazole rings is 1. The van der Waals surface area contributed by atoms with Gasteiger partial charge in [-0.25, -0.2) is 14.2 Å². The molecule has 1 aliphatic carbocycles. The van der Waals surface area contributed by atoms with Crippen molar-refractivity contribution in [1.82, 2.24) is 24.7 Å². The summed E-state index contributed by atoms with van der Waals surface area (Å²) in [6, 6.07) is 7.81. The highest BCUT2D eigenvalue weighted by molar-refractivity contribution is 7.71. The van der Waals surface area contributed by atoms with Gasteiger partial charge >= 0.3 is 5.97 Å². The third kappa shape index (κ3) is 4.37. The van der Waals surface area contributed by atoms with Crippen molar-refractivity contribution in [3.05, 3.63) is 40.2 Å². The lowest BCUT2D eigenvalue weighted by atomic mass is 9.96. The summed E-state index contributed by atoms with van der Waals surface area (Å²) in [5.41, 5.74) is 1.66. The molecule has 7 nitrogen and oxygen atoms in total. The van der Waals surface area contributed by atoms with Gasteiger partial charge < -0.3 is 4.74 Å². The minimum Gasteiger partial charge on any atom is -0.465 e. The molecule has 1 saturated carbocycles. The van der Waals surface area contributed by atoms with Crippen LogP contribution in [0.1, 0.15) is 54.1 Å². The molecule has 0 N–H and O–H groups in total. The second kappa shape index (κ2) is 8.55. The second-order valence-corrected chi connectivity index (χ2v) is 7.21. The van der Waals surface area contributed by atoms with Gasteiger partial charge in [-0.1, -0.05) is 31.4 Å². The van der Waals surface area contributed by atoms with Crippen LogP contribution in [0.3, 0.4) is 0 Å². The van der Waals surface area contributed by atoms with E-state index < -0.39 is 0 Å². The lowest BCUT2D eigenvalue weighted by Crippen LogP contribution is -2.23. The van der Waals surface area contributed by atoms with Gasteiger partial charge in [-0.2, -0.15) is 0 Å². The summed E-state index contributed by atoms with van der Waals surface area (Å²) in [6.07, 6.45) is 6.04. The fourth-order valence-corrected chi connectivity index (χ4v) is 3.66. The number of rotatable bonds is 6. The third-order valence-electron chi connectivity index (χ3n) is 4.78. The Morgan fingerprint density at radius 2 is 1.92 bits per heavy atom. The number of nitrogens with zero attached hydrogens (tertiary/aromatic N) is 5. The van der Waals surface area contributed by atoms with Crippen molar-refractivity contribution in [2.75, 3.05) is 14.2 Å². The highest BCUT2D eigenvalue weighted by atomic mass is 32.1. The van der Waals surface area contributed by atoms with Crippen LogP contribution < -0.4 is 0 Å². The smallest absolute Gasteiger partial charge is 0.337 e. The van der Waals surface area contributed by atoms with Crippen LogP contribution in [0.4, 0.5) is 0 Å². The molecular weight excluding hydrogens is 350 g/mol. The summed E-state index contributed by atoms with van der Waals surface area (Å²) in [7, 11) is 3.39. The summed E-state index contributed by atoms with van der Waals surface area (Å²) in [5.74, 6) is -0.324. The first-order chi connectivity index (χ1) is 12.6. The molecule has 0 unspecified atom stereocenters. The molecule has 1 aliphatic rings. The molecule has 0 bridgehead atoms. The molecule has 0 atom stereocenters. The van der Waals surface area contributed by atoms with Crippen LogP contribution in [-0.2, 0) is 18.0 Å². The first-order valence-corrected chi connectivity index (χ1v) is 9.37. The van der Waals surface area contributed by atoms with Crippen LogP contribution in [0.15, 0.2) is 24.3 Å². The molecule has 8 heteroatoms. The van der Waals surface area contributed by atoms with Crippen molar-refractivity contribution < 1.29 is 9.53 Å². The van der Waals surface area contributed by atoms with Crippen LogP contribution in [0, 0.1) is 4.77 Å². The number of hydrogen-bond acceptors (Lipinski definition) is 6. The van der Waals surface area contributed by atoms with Gasteiger partial charge in [0, 0.05) is 6.54 Å². The van der Waals surface area contributed by atoms with Crippen molar-refractivity contribution in [2.24, 2.45) is 0 Å². The van der Waals surface area contributed by atoms with E-state index in [2.05, 4.69) is 15.3 Å². The number of ether oxygens (including phenoxy) is 1. The van der Waals surface area contributed by atoms with Crippen molar-refractivity contribution in [3.8, 4) is 0 Å². The van der Waals surface area contributed by atoms with Crippen LogP contribution in [0.25, 0.3) is 0 Å². The minimum absolute atomic E-state index is 0.324. The normalized spacial score (nSPS) is 15.3. The maximum absolute atomic E-state index is 11.5. The van der Waals surface area contributed by atoms with Crippen molar-refractivity contribution >= 4 is 18.2 Å². The molecule has 2 aromatic rings. The van der Waals surface area contributed by atoms with E-state index in [0.717, 1.165) is 24.9 Å². The summed E-state index contributed by atoms with van der Waals surface area (Å²) in [5, 5.41) is 8.53. The van der Waals surface area contributed by atoms with Gasteiger partial charge in [-0.3, -0.25) is 4.90 Å². The Kier molecular flexibility index (Phi) is 6.16. The van der Waals surface area contributed by atoms with Crippen molar-refractivity contribution in [2.45, 2.75) is 51.4 Å². The first-order valence-electron chi connectivity index (χ1n) is 8.96. The topological polar surface area (TPSA) is 65.2 Å². The highest BCUT2D eigenvalue weighted by Gasteiger charge is 2.19. The Morgan fingerprint density at radius 1 is 1.23 bits per heavy atom. The monoisotopic (exact) mass is 375 g/mol. The van der Waals surface area contributed by atoms with Gasteiger partial charge in [0.25, 0.3) is 0 Å². The van der Waals surface area contributed by atoms with Crippen LogP contribution in [-0.4, -0.2) is 44.8 Å². The van der Waals surface area contributed by atoms with E-state index in [-0.39, 0.29) is 5.97 Å². The molecule has 1 fully saturated rings. The van der Waals surface area contributed by atoms with E-state index >= 15 is 0 Å². The van der Waals surface area contributed by atoms with Gasteiger partial charge in [0.15, 0.2) is 0 Å². The number of carbonyl (C=O) groups is 1. The van der Waals surface area contributed by atoms with E-state index in [1.54, 1.807) is 16.8 Å². The Balaban J connectivity index is 1.61. The quantitative estimate of drug-likeness (QED) is 0.571. The van der Waals surface area contributed by atoms with Gasteiger partial charge in [0.2, 0.25) is 4.77 Å². The Labute approximate surface area is 158 Å². The fraction of sp³-hybridized carbons (Fsp3) is 0.556. The number of benzene rings is 1. The molecular formula is C18H25N5O2S. The van der Waals surface area contributed by atoms with E-state index in [0.29, 0.717) is 23.0 Å². The zero-order chi connectivity index (χ0) is 18.5. The molecule has 0 saturated heterocycles. The van der Waals surface area contributed by atoms with E-state index in [1.807, 2.05) is 23.9 Å². The Bertz CT molecular complexity index is 793. The SMILES string of the molecule is COC(=O)c1ccc(CN(C)Cn2nnn(C3CCCCC3)c2=S)cc1. The van der Waals surface area contributed by atoms with Gasteiger partial charge in [0.05, 0.1) is 25.4 Å². The molecule has 0 aliphatic heterocycles. The Morgan fingerprint density at radius 3 is 2.58 bits per heavy atom. The number of methoxy groups -OCH3 is 1. The number of esters is 1. The summed E-state index contributed by atoms with van der Waals surface area (Å²) >= 11 is 5.57. The zero-order valence-corrected chi connectivity index (χ0v) is 16.1. The molecule has 0 amide bonds. The predicted octanol–water partition coefficient (Wildman–Crippen LogP) is 3.19. The second-order valence-electron chi connectivity index (χ2n) is 6.84. The average molecular weight is 375 g/mol. The lowest BCUT2D eigenvalue weighted by Gasteiger charge is -2.21. The van der Waals surface area contributed by atoms with Crippen molar-refractivity contribution in [1.29, 1.82) is 0 Å². The largest absolute Gasteiger partial charge is 0.465 e. The first kappa shape index (κ1) is 18.7. The molecule has 0 radical (unpaired) electrons. The van der Waals surface area contributed by atoms with E-state index in [4.69, 9.17) is 17.0 Å². The fourth-order valence-electron chi connectivity index (χ4n) is 3.38. The summed E-state index contributed by atoms with van der Waals surface area (Å²) in [6.45, 7) is 1.30. The predicted molar refractivity (Wildman–Crippen MR) is 100 cm³/mol. The maximum atomic E-state index is 11.5. The van der Waals surface area contributed by atoms with E-state index in [1.165, 1.54) is 26.4 Å². The lowest BCUT2D eigenvalue weighted by molar-refractivity contribution is 0.0600. The number of aromatic nitrogens is 4. The molecule has 1 heterocycles. The highest BCUT2D eigenvalue weighted by Crippen LogP contribution is 2.27.